The largest absolute Gasteiger partial charge is 0.284 e. The number of thioether (sulfide) groups is 1. The van der Waals surface area contributed by atoms with Crippen LogP contribution in [0.3, 0.4) is 0 Å². The minimum atomic E-state index is -3.38. The number of aromatic nitrogens is 1. The summed E-state index contributed by atoms with van der Waals surface area (Å²) >= 11 is 3.27. The average molecular weight is 453 g/mol. The molecule has 0 fully saturated rings. The van der Waals surface area contributed by atoms with Crippen molar-refractivity contribution in [2.24, 2.45) is 0 Å². The Labute approximate surface area is 184 Å². The number of sulfonamides is 1. The summed E-state index contributed by atoms with van der Waals surface area (Å²) in [5.74, 6) is 0.822. The minimum Gasteiger partial charge on any atom is -0.284 e. The summed E-state index contributed by atoms with van der Waals surface area (Å²) < 4.78 is 30.0. The Morgan fingerprint density at radius 2 is 1.77 bits per heavy atom. The maximum Gasteiger partial charge on any atom is 0.232 e. The lowest BCUT2D eigenvalue weighted by atomic mass is 10.1. The Bertz CT molecular complexity index is 1300. The van der Waals surface area contributed by atoms with Gasteiger partial charge in [-0.05, 0) is 59.4 Å². The normalized spacial score (nSPS) is 12.7. The zero-order valence-electron chi connectivity index (χ0n) is 16.2. The van der Waals surface area contributed by atoms with Crippen LogP contribution in [0.5, 0.6) is 0 Å². The molecule has 4 nitrogen and oxygen atoms in total. The average Bonchev–Trinajstić information content (AvgIpc) is 3.31. The number of rotatable bonds is 7. The van der Waals surface area contributed by atoms with E-state index in [2.05, 4.69) is 27.9 Å². The highest BCUT2D eigenvalue weighted by atomic mass is 32.2. The van der Waals surface area contributed by atoms with Crippen LogP contribution in [0.1, 0.15) is 17.5 Å². The fraction of sp³-hybridized carbons (Fsp3) is 0.174. The standard InChI is InChI=1S/C23H20N2O2S3/c26-30(27,13-5-12-28-23-24-21-8-3-4-9-22(21)29-23)25-18-10-11-20-17(15-18)14-16-6-1-2-7-19(16)20/h1-4,6-11,15,25H,5,12-14H2. The van der Waals surface area contributed by atoms with Crippen molar-refractivity contribution in [3.8, 4) is 11.1 Å². The second-order valence-corrected chi connectivity index (χ2v) is 11.5. The first-order chi connectivity index (χ1) is 14.6. The van der Waals surface area contributed by atoms with Crippen LogP contribution >= 0.6 is 23.1 Å². The van der Waals surface area contributed by atoms with Crippen LogP contribution in [0.4, 0.5) is 5.69 Å². The molecule has 0 bridgehead atoms. The van der Waals surface area contributed by atoms with Crippen LogP contribution in [-0.4, -0.2) is 24.9 Å². The third-order valence-corrected chi connectivity index (χ3v) is 8.76. The molecule has 0 saturated carbocycles. The van der Waals surface area contributed by atoms with Crippen molar-refractivity contribution in [1.82, 2.24) is 4.98 Å². The van der Waals surface area contributed by atoms with Gasteiger partial charge in [0.15, 0.2) is 4.34 Å². The molecule has 4 aromatic rings. The number of hydrogen-bond donors (Lipinski definition) is 1. The summed E-state index contributed by atoms with van der Waals surface area (Å²) in [6.07, 6.45) is 1.42. The highest BCUT2D eigenvalue weighted by Gasteiger charge is 2.19. The number of anilines is 1. The highest BCUT2D eigenvalue weighted by Crippen LogP contribution is 2.37. The van der Waals surface area contributed by atoms with E-state index in [9.17, 15) is 8.42 Å². The molecule has 0 radical (unpaired) electrons. The third kappa shape index (κ3) is 4.10. The van der Waals surface area contributed by atoms with E-state index >= 15 is 0 Å². The molecule has 152 valence electrons. The van der Waals surface area contributed by atoms with Crippen molar-refractivity contribution in [2.45, 2.75) is 17.2 Å². The Balaban J connectivity index is 1.18. The highest BCUT2D eigenvalue weighted by molar-refractivity contribution is 8.01. The molecule has 1 aliphatic carbocycles. The quantitative estimate of drug-likeness (QED) is 0.251. The Morgan fingerprint density at radius 1 is 0.967 bits per heavy atom. The first kappa shape index (κ1) is 19.6. The van der Waals surface area contributed by atoms with Crippen LogP contribution in [0.2, 0.25) is 0 Å². The number of hydrogen-bond acceptors (Lipinski definition) is 5. The minimum absolute atomic E-state index is 0.0994. The van der Waals surface area contributed by atoms with Gasteiger partial charge in [-0.1, -0.05) is 54.2 Å². The van der Waals surface area contributed by atoms with E-state index in [1.807, 2.05) is 48.5 Å². The van der Waals surface area contributed by atoms with E-state index in [1.165, 1.54) is 22.3 Å². The van der Waals surface area contributed by atoms with E-state index in [4.69, 9.17) is 0 Å². The molecule has 5 rings (SSSR count). The van der Waals surface area contributed by atoms with Crippen molar-refractivity contribution in [2.75, 3.05) is 16.2 Å². The fourth-order valence-electron chi connectivity index (χ4n) is 3.76. The van der Waals surface area contributed by atoms with Crippen molar-refractivity contribution >= 4 is 49.0 Å². The van der Waals surface area contributed by atoms with Gasteiger partial charge in [-0.25, -0.2) is 13.4 Å². The molecule has 3 aromatic carbocycles. The van der Waals surface area contributed by atoms with Crippen LogP contribution in [0.25, 0.3) is 21.3 Å². The zero-order valence-corrected chi connectivity index (χ0v) is 18.6. The molecule has 1 heterocycles. The smallest absolute Gasteiger partial charge is 0.232 e. The molecule has 1 aliphatic rings. The van der Waals surface area contributed by atoms with Crippen LogP contribution in [-0.2, 0) is 16.4 Å². The molecule has 0 saturated heterocycles. The van der Waals surface area contributed by atoms with Gasteiger partial charge in [0.05, 0.1) is 16.0 Å². The number of benzene rings is 3. The summed E-state index contributed by atoms with van der Waals surface area (Å²) in [6.45, 7) is 0. The molecular weight excluding hydrogens is 432 g/mol. The second-order valence-electron chi connectivity index (χ2n) is 7.28. The van der Waals surface area contributed by atoms with Gasteiger partial charge < -0.3 is 0 Å². The van der Waals surface area contributed by atoms with Gasteiger partial charge in [-0.3, -0.25) is 4.72 Å². The lowest BCUT2D eigenvalue weighted by molar-refractivity contribution is 0.600. The van der Waals surface area contributed by atoms with Gasteiger partial charge in [0.2, 0.25) is 10.0 Å². The first-order valence-electron chi connectivity index (χ1n) is 9.77. The SMILES string of the molecule is O=S(=O)(CCCSc1nc2ccccc2s1)Nc1ccc2c(c1)Cc1ccccc1-2. The predicted molar refractivity (Wildman–Crippen MR) is 127 cm³/mol. The Kier molecular flexibility index (Phi) is 5.26. The van der Waals surface area contributed by atoms with Crippen LogP contribution < -0.4 is 4.72 Å². The van der Waals surface area contributed by atoms with Crippen molar-refractivity contribution in [3.05, 3.63) is 77.9 Å². The number of fused-ring (bicyclic) bond motifs is 4. The van der Waals surface area contributed by atoms with E-state index < -0.39 is 10.0 Å². The Morgan fingerprint density at radius 3 is 2.67 bits per heavy atom. The van der Waals surface area contributed by atoms with E-state index in [0.717, 1.165) is 26.7 Å². The van der Waals surface area contributed by atoms with E-state index in [0.29, 0.717) is 12.1 Å². The van der Waals surface area contributed by atoms with Gasteiger partial charge in [0, 0.05) is 11.4 Å². The van der Waals surface area contributed by atoms with Crippen molar-refractivity contribution < 1.29 is 8.42 Å². The zero-order chi connectivity index (χ0) is 20.6. The van der Waals surface area contributed by atoms with Gasteiger partial charge >= 0.3 is 0 Å². The second kappa shape index (κ2) is 8.06. The lowest BCUT2D eigenvalue weighted by Gasteiger charge is -2.09. The molecule has 1 N–H and O–H groups in total. The van der Waals surface area contributed by atoms with E-state index in [-0.39, 0.29) is 5.75 Å². The summed E-state index contributed by atoms with van der Waals surface area (Å²) in [5, 5.41) is 0. The maximum absolute atomic E-state index is 12.5. The van der Waals surface area contributed by atoms with Crippen molar-refractivity contribution in [3.63, 3.8) is 0 Å². The summed E-state index contributed by atoms with van der Waals surface area (Å²) in [7, 11) is -3.38. The molecule has 7 heteroatoms. The topological polar surface area (TPSA) is 59.1 Å². The van der Waals surface area contributed by atoms with Crippen molar-refractivity contribution in [1.29, 1.82) is 0 Å². The Hall–Kier alpha value is -2.35. The van der Waals surface area contributed by atoms with Gasteiger partial charge in [-0.2, -0.15) is 0 Å². The van der Waals surface area contributed by atoms with Gasteiger partial charge in [0.1, 0.15) is 0 Å². The third-order valence-electron chi connectivity index (χ3n) is 5.12. The number of para-hydroxylation sites is 1. The molecular formula is C23H20N2O2S3. The summed E-state index contributed by atoms with van der Waals surface area (Å²) in [6, 6.07) is 22.2. The maximum atomic E-state index is 12.5. The molecule has 0 unspecified atom stereocenters. The van der Waals surface area contributed by atoms with E-state index in [1.54, 1.807) is 23.1 Å². The predicted octanol–water partition coefficient (Wildman–Crippen LogP) is 5.79. The van der Waals surface area contributed by atoms with Gasteiger partial charge in [-0.15, -0.1) is 11.3 Å². The summed E-state index contributed by atoms with van der Waals surface area (Å²) in [5.41, 5.74) is 6.54. The van der Waals surface area contributed by atoms with Crippen LogP contribution in [0, 0.1) is 0 Å². The first-order valence-corrected chi connectivity index (χ1v) is 13.2. The molecule has 30 heavy (non-hydrogen) atoms. The number of nitrogens with one attached hydrogen (secondary N) is 1. The summed E-state index contributed by atoms with van der Waals surface area (Å²) in [4.78, 5) is 4.58. The van der Waals surface area contributed by atoms with Gasteiger partial charge in [0.25, 0.3) is 0 Å². The molecule has 0 atom stereocenters. The monoisotopic (exact) mass is 452 g/mol. The number of nitrogens with zero attached hydrogens (tertiary/aromatic N) is 1. The number of thiazole rings is 1. The molecule has 0 spiro atoms. The molecule has 1 aromatic heterocycles. The molecule has 0 amide bonds. The fourth-order valence-corrected chi connectivity index (χ4v) is 7.13. The van der Waals surface area contributed by atoms with Crippen LogP contribution in [0.15, 0.2) is 71.1 Å². The molecule has 0 aliphatic heterocycles. The lowest BCUT2D eigenvalue weighted by Crippen LogP contribution is -2.17.